The lowest BCUT2D eigenvalue weighted by molar-refractivity contribution is 0.0697. The maximum Gasteiger partial charge on any atom is 0.335 e. The summed E-state index contributed by atoms with van der Waals surface area (Å²) in [5.74, 6) is -1.31. The zero-order valence-corrected chi connectivity index (χ0v) is 10.2. The molecular formula is C15H9FN2O2. The number of hydrogen-bond acceptors (Lipinski definition) is 3. The predicted molar refractivity (Wildman–Crippen MR) is 71.9 cm³/mol. The highest BCUT2D eigenvalue weighted by molar-refractivity contribution is 5.92. The summed E-state index contributed by atoms with van der Waals surface area (Å²) in [6.07, 6.45) is 1.54. The van der Waals surface area contributed by atoms with Gasteiger partial charge in [0.25, 0.3) is 0 Å². The number of fused-ring (bicyclic) bond motifs is 1. The standard InChI is InChI=1S/C15H9FN2O2/c16-11-4-1-9(2-5-11)14-8-17-13-7-10(15(19)20)3-6-12(13)18-14/h1-8H,(H,19,20). The smallest absolute Gasteiger partial charge is 0.335 e. The Bertz CT molecular complexity index is 801. The normalized spacial score (nSPS) is 10.7. The molecule has 0 spiro atoms. The van der Waals surface area contributed by atoms with Gasteiger partial charge in [-0.25, -0.2) is 14.2 Å². The molecule has 1 N–H and O–H groups in total. The van der Waals surface area contributed by atoms with E-state index in [2.05, 4.69) is 9.97 Å². The molecule has 3 rings (SSSR count). The van der Waals surface area contributed by atoms with E-state index in [4.69, 9.17) is 5.11 Å². The first-order valence-electron chi connectivity index (χ1n) is 5.89. The van der Waals surface area contributed by atoms with Crippen molar-refractivity contribution in [3.63, 3.8) is 0 Å². The summed E-state index contributed by atoms with van der Waals surface area (Å²) in [7, 11) is 0. The molecule has 4 nitrogen and oxygen atoms in total. The highest BCUT2D eigenvalue weighted by atomic mass is 19.1. The second-order valence-corrected chi connectivity index (χ2v) is 4.27. The molecule has 2 aromatic carbocycles. The van der Waals surface area contributed by atoms with Crippen LogP contribution in [-0.2, 0) is 0 Å². The van der Waals surface area contributed by atoms with Crippen LogP contribution in [0.1, 0.15) is 10.4 Å². The van der Waals surface area contributed by atoms with Crippen LogP contribution < -0.4 is 0 Å². The van der Waals surface area contributed by atoms with E-state index in [0.717, 1.165) is 5.56 Å². The summed E-state index contributed by atoms with van der Waals surface area (Å²) >= 11 is 0. The minimum absolute atomic E-state index is 0.168. The molecule has 0 bridgehead atoms. The van der Waals surface area contributed by atoms with Gasteiger partial charge in [-0.3, -0.25) is 4.98 Å². The van der Waals surface area contributed by atoms with Crippen molar-refractivity contribution in [2.45, 2.75) is 0 Å². The molecule has 0 saturated heterocycles. The number of hydrogen-bond donors (Lipinski definition) is 1. The number of aromatic nitrogens is 2. The van der Waals surface area contributed by atoms with Crippen molar-refractivity contribution in [1.82, 2.24) is 9.97 Å². The number of rotatable bonds is 2. The molecule has 0 unspecified atom stereocenters. The zero-order chi connectivity index (χ0) is 14.1. The van der Waals surface area contributed by atoms with E-state index >= 15 is 0 Å². The number of nitrogens with zero attached hydrogens (tertiary/aromatic N) is 2. The molecule has 0 amide bonds. The second-order valence-electron chi connectivity index (χ2n) is 4.27. The van der Waals surface area contributed by atoms with Crippen molar-refractivity contribution in [2.24, 2.45) is 0 Å². The minimum Gasteiger partial charge on any atom is -0.478 e. The summed E-state index contributed by atoms with van der Waals surface area (Å²) in [6, 6.07) is 10.5. The van der Waals surface area contributed by atoms with Crippen LogP contribution in [0.25, 0.3) is 22.3 Å². The maximum atomic E-state index is 12.9. The Morgan fingerprint density at radius 2 is 1.80 bits per heavy atom. The molecule has 5 heteroatoms. The SMILES string of the molecule is O=C(O)c1ccc2nc(-c3ccc(F)cc3)cnc2c1. The molecule has 1 aromatic heterocycles. The van der Waals surface area contributed by atoms with Crippen molar-refractivity contribution < 1.29 is 14.3 Å². The Kier molecular flexibility index (Phi) is 2.87. The summed E-state index contributed by atoms with van der Waals surface area (Å²) in [4.78, 5) is 19.5. The number of aromatic carboxylic acids is 1. The number of carboxylic acid groups (broad SMARTS) is 1. The van der Waals surface area contributed by atoms with Crippen molar-refractivity contribution in [2.75, 3.05) is 0 Å². The van der Waals surface area contributed by atoms with Crippen LogP contribution in [0.15, 0.2) is 48.7 Å². The van der Waals surface area contributed by atoms with Crippen LogP contribution in [0.2, 0.25) is 0 Å². The molecule has 98 valence electrons. The third-order valence-electron chi connectivity index (χ3n) is 2.93. The van der Waals surface area contributed by atoms with Crippen LogP contribution in [0, 0.1) is 5.82 Å². The lowest BCUT2D eigenvalue weighted by atomic mass is 10.1. The minimum atomic E-state index is -1.00. The lowest BCUT2D eigenvalue weighted by Crippen LogP contribution is -1.97. The highest BCUT2D eigenvalue weighted by Crippen LogP contribution is 2.20. The molecule has 3 aromatic rings. The first kappa shape index (κ1) is 12.2. The topological polar surface area (TPSA) is 63.1 Å². The van der Waals surface area contributed by atoms with Gasteiger partial charge in [0.15, 0.2) is 0 Å². The van der Waals surface area contributed by atoms with Crippen molar-refractivity contribution in [3.05, 3.63) is 60.0 Å². The van der Waals surface area contributed by atoms with Crippen LogP contribution in [-0.4, -0.2) is 21.0 Å². The monoisotopic (exact) mass is 268 g/mol. The van der Waals surface area contributed by atoms with Gasteiger partial charge in [0.1, 0.15) is 5.82 Å². The van der Waals surface area contributed by atoms with Crippen molar-refractivity contribution in [1.29, 1.82) is 0 Å². The second kappa shape index (κ2) is 4.70. The summed E-state index contributed by atoms with van der Waals surface area (Å²) < 4.78 is 12.9. The van der Waals surface area contributed by atoms with Crippen LogP contribution in [0.4, 0.5) is 4.39 Å². The van der Waals surface area contributed by atoms with E-state index in [-0.39, 0.29) is 11.4 Å². The maximum absolute atomic E-state index is 12.9. The third-order valence-corrected chi connectivity index (χ3v) is 2.93. The van der Waals surface area contributed by atoms with Crippen LogP contribution in [0.5, 0.6) is 0 Å². The Morgan fingerprint density at radius 3 is 2.50 bits per heavy atom. The van der Waals surface area contributed by atoms with E-state index in [0.29, 0.717) is 16.7 Å². The molecule has 0 aliphatic carbocycles. The summed E-state index contributed by atoms with van der Waals surface area (Å²) in [6.45, 7) is 0. The average molecular weight is 268 g/mol. The molecule has 0 aliphatic rings. The molecular weight excluding hydrogens is 259 g/mol. The summed E-state index contributed by atoms with van der Waals surface area (Å²) in [5, 5.41) is 8.92. The van der Waals surface area contributed by atoms with Gasteiger partial charge in [-0.1, -0.05) is 0 Å². The van der Waals surface area contributed by atoms with E-state index in [1.807, 2.05) is 0 Å². The number of carboxylic acids is 1. The van der Waals surface area contributed by atoms with Crippen molar-refractivity contribution >= 4 is 17.0 Å². The van der Waals surface area contributed by atoms with E-state index < -0.39 is 5.97 Å². The average Bonchev–Trinajstić information content (AvgIpc) is 2.47. The van der Waals surface area contributed by atoms with Gasteiger partial charge in [-0.05, 0) is 42.5 Å². The third kappa shape index (κ3) is 2.21. The molecule has 0 fully saturated rings. The van der Waals surface area contributed by atoms with Gasteiger partial charge in [0, 0.05) is 5.56 Å². The Hall–Kier alpha value is -2.82. The van der Waals surface area contributed by atoms with E-state index in [9.17, 15) is 9.18 Å². The number of benzene rings is 2. The fraction of sp³-hybridized carbons (Fsp3) is 0. The molecule has 0 aliphatic heterocycles. The van der Waals surface area contributed by atoms with Crippen LogP contribution in [0.3, 0.4) is 0 Å². The lowest BCUT2D eigenvalue weighted by Gasteiger charge is -2.03. The first-order chi connectivity index (χ1) is 9.63. The Labute approximate surface area is 113 Å². The van der Waals surface area contributed by atoms with Gasteiger partial charge < -0.3 is 5.11 Å². The van der Waals surface area contributed by atoms with Crippen molar-refractivity contribution in [3.8, 4) is 11.3 Å². The van der Waals surface area contributed by atoms with Crippen LogP contribution >= 0.6 is 0 Å². The van der Waals surface area contributed by atoms with Gasteiger partial charge >= 0.3 is 5.97 Å². The van der Waals surface area contributed by atoms with Gasteiger partial charge in [-0.2, -0.15) is 0 Å². The highest BCUT2D eigenvalue weighted by Gasteiger charge is 2.07. The summed E-state index contributed by atoms with van der Waals surface area (Å²) in [5.41, 5.74) is 2.64. The van der Waals surface area contributed by atoms with E-state index in [1.54, 1.807) is 24.4 Å². The quantitative estimate of drug-likeness (QED) is 0.775. The molecule has 1 heterocycles. The molecule has 0 saturated carbocycles. The fourth-order valence-corrected chi connectivity index (χ4v) is 1.90. The molecule has 0 atom stereocenters. The van der Waals surface area contributed by atoms with Gasteiger partial charge in [0.05, 0.1) is 28.5 Å². The fourth-order valence-electron chi connectivity index (χ4n) is 1.90. The van der Waals surface area contributed by atoms with Gasteiger partial charge in [0.2, 0.25) is 0 Å². The predicted octanol–water partition coefficient (Wildman–Crippen LogP) is 3.13. The molecule has 20 heavy (non-hydrogen) atoms. The van der Waals surface area contributed by atoms with Gasteiger partial charge in [-0.15, -0.1) is 0 Å². The number of halogens is 1. The van der Waals surface area contributed by atoms with E-state index in [1.165, 1.54) is 24.3 Å². The zero-order valence-electron chi connectivity index (χ0n) is 10.2. The number of carbonyl (C=O) groups is 1. The Balaban J connectivity index is 2.09. The Morgan fingerprint density at radius 1 is 1.05 bits per heavy atom. The first-order valence-corrected chi connectivity index (χ1v) is 5.89. The molecule has 0 radical (unpaired) electrons. The largest absolute Gasteiger partial charge is 0.478 e.